The lowest BCUT2D eigenvalue weighted by Crippen LogP contribution is -2.41. The number of carboxylic acids is 1. The van der Waals surface area contributed by atoms with Crippen molar-refractivity contribution in [3.05, 3.63) is 104 Å². The predicted molar refractivity (Wildman–Crippen MR) is 143 cm³/mol. The number of benzene rings is 2. The minimum Gasteiger partial charge on any atom is -0.478 e. The molecule has 11 heteroatoms. The van der Waals surface area contributed by atoms with Crippen LogP contribution in [-0.4, -0.2) is 39.9 Å². The lowest BCUT2D eigenvalue weighted by atomic mass is 9.94. The first-order chi connectivity index (χ1) is 19.4. The Morgan fingerprint density at radius 2 is 1.95 bits per heavy atom. The number of nitrogens with one attached hydrogen (secondary N) is 2. The molecule has 2 aliphatic heterocycles. The Morgan fingerprint density at radius 3 is 2.75 bits per heavy atom. The van der Waals surface area contributed by atoms with Crippen LogP contribution < -0.4 is 31.3 Å². The molecule has 11 nitrogen and oxygen atoms in total. The van der Waals surface area contributed by atoms with Crippen LogP contribution in [0.2, 0.25) is 0 Å². The molecule has 1 atom stereocenters. The molecule has 0 saturated heterocycles. The fourth-order valence-electron chi connectivity index (χ4n) is 4.97. The lowest BCUT2D eigenvalue weighted by Gasteiger charge is -2.25. The summed E-state index contributed by atoms with van der Waals surface area (Å²) in [5.74, 6) is 0.380. The van der Waals surface area contributed by atoms with Crippen molar-refractivity contribution < 1.29 is 28.6 Å². The summed E-state index contributed by atoms with van der Waals surface area (Å²) in [5.41, 5.74) is 1.83. The van der Waals surface area contributed by atoms with Crippen LogP contribution in [0.1, 0.15) is 41.6 Å². The zero-order valence-electron chi connectivity index (χ0n) is 21.6. The molecule has 0 bridgehead atoms. The van der Waals surface area contributed by atoms with E-state index in [2.05, 4.69) is 15.3 Å². The number of carboxylic acid groups (broad SMARTS) is 1. The van der Waals surface area contributed by atoms with Gasteiger partial charge in [-0.1, -0.05) is 24.3 Å². The van der Waals surface area contributed by atoms with Crippen LogP contribution in [0.4, 0.5) is 0 Å². The standard InChI is InChI=1S/C29H24N4O7/c1-3-30-26(34)24-15(2)31-29-32-20(13-17-9-11-21(40-17)18-6-4-5-7-19(18)28(36)37)27(35)33(29)25(24)16-8-10-22-23(12-16)39-14-38-22/h4-13,25H,3,14H2,1-2H3,(H,30,34)(H,31,32)(H,36,37)/b20-13-. The van der Waals surface area contributed by atoms with Gasteiger partial charge < -0.3 is 29.3 Å². The summed E-state index contributed by atoms with van der Waals surface area (Å²) in [6.07, 6.45) is 1.52. The molecule has 2 aliphatic rings. The second-order valence-corrected chi connectivity index (χ2v) is 9.22. The number of hydrogen-bond donors (Lipinski definition) is 3. The van der Waals surface area contributed by atoms with Crippen LogP contribution in [0.5, 0.6) is 11.5 Å². The highest BCUT2D eigenvalue weighted by molar-refractivity contribution is 5.96. The second-order valence-electron chi connectivity index (χ2n) is 9.22. The second kappa shape index (κ2) is 9.77. The van der Waals surface area contributed by atoms with Crippen molar-refractivity contribution in [1.29, 1.82) is 0 Å². The van der Waals surface area contributed by atoms with Crippen LogP contribution in [0.15, 0.2) is 80.1 Å². The third-order valence-electron chi connectivity index (χ3n) is 6.75. The molecular formula is C29H24N4O7. The summed E-state index contributed by atoms with van der Waals surface area (Å²) in [6.45, 7) is 4.04. The molecule has 3 N–H and O–H groups in total. The van der Waals surface area contributed by atoms with E-state index in [1.807, 2.05) is 6.92 Å². The molecule has 202 valence electrons. The number of aromatic nitrogens is 2. The van der Waals surface area contributed by atoms with E-state index >= 15 is 0 Å². The topological polar surface area (TPSA) is 148 Å². The summed E-state index contributed by atoms with van der Waals surface area (Å²) < 4.78 is 18.3. The van der Waals surface area contributed by atoms with Gasteiger partial charge in [-0.05, 0) is 49.7 Å². The van der Waals surface area contributed by atoms with E-state index in [0.717, 1.165) is 0 Å². The van der Waals surface area contributed by atoms with Gasteiger partial charge in [-0.2, -0.15) is 0 Å². The van der Waals surface area contributed by atoms with E-state index in [-0.39, 0.29) is 29.2 Å². The number of aromatic amines is 1. The van der Waals surface area contributed by atoms with Crippen molar-refractivity contribution >= 4 is 18.0 Å². The molecule has 2 aromatic carbocycles. The van der Waals surface area contributed by atoms with Crippen molar-refractivity contribution in [3.8, 4) is 22.8 Å². The summed E-state index contributed by atoms with van der Waals surface area (Å²) >= 11 is 0. The van der Waals surface area contributed by atoms with Crippen molar-refractivity contribution in [2.24, 2.45) is 4.99 Å². The van der Waals surface area contributed by atoms with Crippen LogP contribution in [0, 0.1) is 0 Å². The average Bonchev–Trinajstić information content (AvgIpc) is 3.67. The minimum absolute atomic E-state index is 0.0906. The number of nitrogens with zero attached hydrogens (tertiary/aromatic N) is 2. The molecule has 0 radical (unpaired) electrons. The Kier molecular flexibility index (Phi) is 6.10. The average molecular weight is 541 g/mol. The number of ether oxygens (including phenoxy) is 2. The van der Waals surface area contributed by atoms with Crippen molar-refractivity contribution in [1.82, 2.24) is 14.9 Å². The number of likely N-dealkylation sites (N-methyl/N-ethyl adjacent to an activating group) is 1. The maximum absolute atomic E-state index is 13.8. The van der Waals surface area contributed by atoms with E-state index in [1.54, 1.807) is 55.5 Å². The van der Waals surface area contributed by atoms with Crippen LogP contribution in [0.25, 0.3) is 17.4 Å². The van der Waals surface area contributed by atoms with Gasteiger partial charge in [0.2, 0.25) is 12.4 Å². The molecule has 0 aliphatic carbocycles. The number of allylic oxidation sites excluding steroid dienone is 1. The van der Waals surface area contributed by atoms with E-state index in [9.17, 15) is 19.5 Å². The number of carbonyl (C=O) groups excluding carboxylic acids is 1. The number of amides is 1. The van der Waals surface area contributed by atoms with Gasteiger partial charge in [0.05, 0.1) is 22.9 Å². The fourth-order valence-corrected chi connectivity index (χ4v) is 4.97. The maximum atomic E-state index is 13.8. The molecule has 4 heterocycles. The zero-order valence-corrected chi connectivity index (χ0v) is 21.6. The van der Waals surface area contributed by atoms with Gasteiger partial charge in [-0.3, -0.25) is 14.2 Å². The zero-order chi connectivity index (χ0) is 28.0. The molecule has 40 heavy (non-hydrogen) atoms. The predicted octanol–water partition coefficient (Wildman–Crippen LogP) is 2.32. The highest BCUT2D eigenvalue weighted by Crippen LogP contribution is 2.37. The first-order valence-corrected chi connectivity index (χ1v) is 12.6. The number of imidazole rings is 1. The number of H-pyrrole nitrogens is 1. The SMILES string of the molecule is CCNC(=O)C1=C(C)N=c2[nH]/c(=C\c3ccc(-c4ccccc4C(=O)O)o3)c(=O)n2C1c1ccc2c(c1)OCO2. The molecule has 1 unspecified atom stereocenters. The maximum Gasteiger partial charge on any atom is 0.336 e. The van der Waals surface area contributed by atoms with Crippen LogP contribution >= 0.6 is 0 Å². The fraction of sp³-hybridized carbons (Fsp3) is 0.172. The number of rotatable bonds is 6. The van der Waals surface area contributed by atoms with Gasteiger partial charge in [0, 0.05) is 18.2 Å². The summed E-state index contributed by atoms with van der Waals surface area (Å²) in [7, 11) is 0. The Hall–Kier alpha value is -5.32. The molecule has 2 aromatic heterocycles. The molecule has 6 rings (SSSR count). The molecule has 0 spiro atoms. The van der Waals surface area contributed by atoms with Gasteiger partial charge in [0.15, 0.2) is 11.5 Å². The Labute approximate surface area is 226 Å². The largest absolute Gasteiger partial charge is 0.478 e. The van der Waals surface area contributed by atoms with Gasteiger partial charge in [-0.25, -0.2) is 9.79 Å². The Balaban J connectivity index is 1.48. The Morgan fingerprint density at radius 1 is 1.15 bits per heavy atom. The first kappa shape index (κ1) is 25.0. The third kappa shape index (κ3) is 4.17. The first-order valence-electron chi connectivity index (χ1n) is 12.6. The number of furan rings is 1. The number of hydrogen-bond acceptors (Lipinski definition) is 7. The lowest BCUT2D eigenvalue weighted by molar-refractivity contribution is -0.117. The highest BCUT2D eigenvalue weighted by atomic mass is 16.7. The smallest absolute Gasteiger partial charge is 0.336 e. The van der Waals surface area contributed by atoms with E-state index in [4.69, 9.17) is 13.9 Å². The molecule has 1 amide bonds. The van der Waals surface area contributed by atoms with E-state index < -0.39 is 17.6 Å². The quantitative estimate of drug-likeness (QED) is 0.340. The Bertz CT molecular complexity index is 1890. The van der Waals surface area contributed by atoms with Crippen molar-refractivity contribution in [2.75, 3.05) is 13.3 Å². The van der Waals surface area contributed by atoms with Gasteiger partial charge >= 0.3 is 5.97 Å². The summed E-state index contributed by atoms with van der Waals surface area (Å²) in [4.78, 5) is 46.2. The minimum atomic E-state index is -1.07. The van der Waals surface area contributed by atoms with Crippen molar-refractivity contribution in [2.45, 2.75) is 19.9 Å². The number of carbonyl (C=O) groups is 2. The van der Waals surface area contributed by atoms with E-state index in [1.165, 1.54) is 16.7 Å². The molecule has 4 aromatic rings. The van der Waals surface area contributed by atoms with Crippen LogP contribution in [-0.2, 0) is 4.79 Å². The summed E-state index contributed by atoms with van der Waals surface area (Å²) in [6, 6.07) is 14.3. The van der Waals surface area contributed by atoms with Crippen LogP contribution in [0.3, 0.4) is 0 Å². The summed E-state index contributed by atoms with van der Waals surface area (Å²) in [5, 5.41) is 12.5. The molecule has 0 fully saturated rings. The normalized spacial score (nSPS) is 16.1. The third-order valence-corrected chi connectivity index (χ3v) is 6.75. The monoisotopic (exact) mass is 540 g/mol. The molecular weight excluding hydrogens is 516 g/mol. The van der Waals surface area contributed by atoms with Gasteiger partial charge in [-0.15, -0.1) is 0 Å². The molecule has 0 saturated carbocycles. The highest BCUT2D eigenvalue weighted by Gasteiger charge is 2.33. The number of fused-ring (bicyclic) bond motifs is 2. The number of aromatic carboxylic acids is 1. The van der Waals surface area contributed by atoms with Gasteiger partial charge in [0.25, 0.3) is 11.5 Å². The van der Waals surface area contributed by atoms with Gasteiger partial charge in [0.1, 0.15) is 16.9 Å². The van der Waals surface area contributed by atoms with E-state index in [0.29, 0.717) is 52.0 Å². The van der Waals surface area contributed by atoms with Crippen molar-refractivity contribution in [3.63, 3.8) is 0 Å².